The number of carbonyl (C=O) groups is 1. The molecule has 3 fully saturated rings. The summed E-state index contributed by atoms with van der Waals surface area (Å²) in [5, 5.41) is 7.12. The highest BCUT2D eigenvalue weighted by molar-refractivity contribution is 5.80. The van der Waals surface area contributed by atoms with Crippen LogP contribution in [0.2, 0.25) is 0 Å². The van der Waals surface area contributed by atoms with Gasteiger partial charge >= 0.3 is 0 Å². The molecule has 0 bridgehead atoms. The summed E-state index contributed by atoms with van der Waals surface area (Å²) < 4.78 is 6.02. The molecule has 1 saturated carbocycles. The van der Waals surface area contributed by atoms with Gasteiger partial charge in [0, 0.05) is 57.1 Å². The predicted molar refractivity (Wildman–Crippen MR) is 104 cm³/mol. The van der Waals surface area contributed by atoms with Gasteiger partial charge in [-0.15, -0.1) is 0 Å². The predicted octanol–water partition coefficient (Wildman–Crippen LogP) is 2.00. The van der Waals surface area contributed by atoms with E-state index in [0.717, 1.165) is 58.0 Å². The third kappa shape index (κ3) is 4.00. The number of hydrogen-bond acceptors (Lipinski definition) is 3. The van der Waals surface area contributed by atoms with Crippen LogP contribution in [0.15, 0.2) is 4.99 Å². The van der Waals surface area contributed by atoms with Crippen molar-refractivity contribution < 1.29 is 9.53 Å². The molecule has 1 aliphatic carbocycles. The lowest BCUT2D eigenvalue weighted by Gasteiger charge is -2.60. The van der Waals surface area contributed by atoms with Crippen LogP contribution < -0.4 is 10.6 Å². The third-order valence-corrected chi connectivity index (χ3v) is 6.53. The van der Waals surface area contributed by atoms with Gasteiger partial charge in [0.15, 0.2) is 5.96 Å². The molecule has 3 aliphatic rings. The average molecular weight is 365 g/mol. The summed E-state index contributed by atoms with van der Waals surface area (Å²) in [5.41, 5.74) is 0.147. The number of ether oxygens (including phenoxy) is 1. The first kappa shape index (κ1) is 19.5. The molecule has 0 aromatic rings. The van der Waals surface area contributed by atoms with Crippen molar-refractivity contribution in [1.29, 1.82) is 0 Å². The lowest BCUT2D eigenvalue weighted by molar-refractivity contribution is -0.188. The second kappa shape index (κ2) is 8.15. The molecule has 0 aromatic heterocycles. The number of amides is 1. The molecule has 2 saturated heterocycles. The summed E-state index contributed by atoms with van der Waals surface area (Å²) >= 11 is 0. The molecule has 2 heterocycles. The van der Waals surface area contributed by atoms with E-state index in [9.17, 15) is 4.79 Å². The van der Waals surface area contributed by atoms with Gasteiger partial charge in [0.25, 0.3) is 0 Å². The maximum atomic E-state index is 11.5. The largest absolute Gasteiger partial charge is 0.377 e. The normalized spacial score (nSPS) is 31.8. The van der Waals surface area contributed by atoms with Crippen molar-refractivity contribution in [2.24, 2.45) is 22.2 Å². The first-order chi connectivity index (χ1) is 12.4. The highest BCUT2D eigenvalue weighted by Gasteiger charge is 2.58. The fraction of sp³-hybridized carbons (Fsp3) is 0.900. The van der Waals surface area contributed by atoms with Crippen LogP contribution in [0.4, 0.5) is 0 Å². The van der Waals surface area contributed by atoms with E-state index >= 15 is 0 Å². The Kier molecular flexibility index (Phi) is 6.10. The molecule has 3 atom stereocenters. The Labute approximate surface area is 158 Å². The minimum atomic E-state index is 0.147. The SMILES string of the molecule is CCNC(=NCC1CCN(C(C)=O)CC1)NC1C2CCCOC2C1(C)C. The van der Waals surface area contributed by atoms with Crippen LogP contribution in [0, 0.1) is 17.3 Å². The van der Waals surface area contributed by atoms with Crippen molar-refractivity contribution in [2.75, 3.05) is 32.8 Å². The molecule has 6 nitrogen and oxygen atoms in total. The number of hydrogen-bond donors (Lipinski definition) is 2. The van der Waals surface area contributed by atoms with Gasteiger partial charge in [-0.2, -0.15) is 0 Å². The van der Waals surface area contributed by atoms with Gasteiger partial charge in [-0.25, -0.2) is 0 Å². The number of likely N-dealkylation sites (tertiary alicyclic amines) is 1. The monoisotopic (exact) mass is 364 g/mol. The molecule has 3 unspecified atom stereocenters. The standard InChI is InChI=1S/C20H36N4O2/c1-5-21-19(22-13-15-8-10-24(11-9-15)14(2)25)23-17-16-7-6-12-26-18(16)20(17,3)4/h15-18H,5-13H2,1-4H3,(H2,21,22,23). The van der Waals surface area contributed by atoms with Gasteiger partial charge in [-0.1, -0.05) is 13.8 Å². The Hall–Kier alpha value is -1.30. The average Bonchev–Trinajstić information content (AvgIpc) is 2.64. The lowest BCUT2D eigenvalue weighted by Crippen LogP contribution is -2.71. The fourth-order valence-corrected chi connectivity index (χ4v) is 4.93. The molecular weight excluding hydrogens is 328 g/mol. The van der Waals surface area contributed by atoms with Gasteiger partial charge in [0.1, 0.15) is 0 Å². The van der Waals surface area contributed by atoms with Gasteiger partial charge in [0.05, 0.1) is 6.10 Å². The quantitative estimate of drug-likeness (QED) is 0.592. The summed E-state index contributed by atoms with van der Waals surface area (Å²) in [4.78, 5) is 18.3. The van der Waals surface area contributed by atoms with Crippen LogP contribution in [0.25, 0.3) is 0 Å². The molecule has 1 amide bonds. The van der Waals surface area contributed by atoms with Crippen molar-refractivity contribution in [2.45, 2.75) is 65.5 Å². The van der Waals surface area contributed by atoms with Crippen LogP contribution in [0.1, 0.15) is 53.4 Å². The van der Waals surface area contributed by atoms with Crippen molar-refractivity contribution >= 4 is 11.9 Å². The van der Waals surface area contributed by atoms with E-state index in [4.69, 9.17) is 9.73 Å². The lowest BCUT2D eigenvalue weighted by atomic mass is 9.55. The van der Waals surface area contributed by atoms with E-state index in [-0.39, 0.29) is 11.3 Å². The Morgan fingerprint density at radius 1 is 1.27 bits per heavy atom. The topological polar surface area (TPSA) is 66.0 Å². The van der Waals surface area contributed by atoms with Gasteiger partial charge < -0.3 is 20.3 Å². The summed E-state index contributed by atoms with van der Waals surface area (Å²) in [7, 11) is 0. The maximum absolute atomic E-state index is 11.5. The van der Waals surface area contributed by atoms with Crippen LogP contribution in [0.3, 0.4) is 0 Å². The first-order valence-electron chi connectivity index (χ1n) is 10.4. The minimum absolute atomic E-state index is 0.147. The first-order valence-corrected chi connectivity index (χ1v) is 10.4. The van der Waals surface area contributed by atoms with E-state index in [1.54, 1.807) is 6.92 Å². The molecule has 26 heavy (non-hydrogen) atoms. The van der Waals surface area contributed by atoms with Crippen LogP contribution in [0.5, 0.6) is 0 Å². The molecule has 2 N–H and O–H groups in total. The van der Waals surface area contributed by atoms with Gasteiger partial charge in [-0.05, 0) is 38.5 Å². The van der Waals surface area contributed by atoms with Crippen LogP contribution in [-0.2, 0) is 9.53 Å². The number of rotatable bonds is 4. The number of fused-ring (bicyclic) bond motifs is 1. The highest BCUT2D eigenvalue weighted by atomic mass is 16.5. The van der Waals surface area contributed by atoms with E-state index < -0.39 is 0 Å². The van der Waals surface area contributed by atoms with Crippen molar-refractivity contribution in [3.05, 3.63) is 0 Å². The van der Waals surface area contributed by atoms with Crippen molar-refractivity contribution in [3.8, 4) is 0 Å². The number of nitrogens with one attached hydrogen (secondary N) is 2. The second-order valence-electron chi connectivity index (χ2n) is 8.71. The molecule has 0 spiro atoms. The van der Waals surface area contributed by atoms with E-state index in [1.165, 1.54) is 6.42 Å². The Morgan fingerprint density at radius 2 is 2.00 bits per heavy atom. The number of guanidine groups is 1. The number of aliphatic imine (C=N–C) groups is 1. The van der Waals surface area contributed by atoms with Crippen LogP contribution in [-0.4, -0.2) is 61.7 Å². The molecule has 0 aromatic carbocycles. The molecule has 0 radical (unpaired) electrons. The Bertz CT molecular complexity index is 526. The van der Waals surface area contributed by atoms with E-state index in [0.29, 0.717) is 24.0 Å². The van der Waals surface area contributed by atoms with Gasteiger partial charge in [-0.3, -0.25) is 9.79 Å². The van der Waals surface area contributed by atoms with Gasteiger partial charge in [0.2, 0.25) is 5.91 Å². The smallest absolute Gasteiger partial charge is 0.219 e. The number of nitrogens with zero attached hydrogens (tertiary/aromatic N) is 2. The van der Waals surface area contributed by atoms with Crippen molar-refractivity contribution in [1.82, 2.24) is 15.5 Å². The zero-order valence-electron chi connectivity index (χ0n) is 16.9. The van der Waals surface area contributed by atoms with Crippen molar-refractivity contribution in [3.63, 3.8) is 0 Å². The summed E-state index contributed by atoms with van der Waals surface area (Å²) in [5.74, 6) is 2.30. The maximum Gasteiger partial charge on any atom is 0.219 e. The summed E-state index contributed by atoms with van der Waals surface area (Å²) in [6, 6.07) is 0.421. The van der Waals surface area contributed by atoms with Crippen LogP contribution >= 0.6 is 0 Å². The van der Waals surface area contributed by atoms with E-state index in [1.807, 2.05) is 4.90 Å². The summed E-state index contributed by atoms with van der Waals surface area (Å²) in [6.07, 6.45) is 4.89. The second-order valence-corrected chi connectivity index (χ2v) is 8.71. The fourth-order valence-electron chi connectivity index (χ4n) is 4.93. The number of carbonyl (C=O) groups excluding carboxylic acids is 1. The zero-order valence-corrected chi connectivity index (χ0v) is 16.9. The molecular formula is C20H36N4O2. The zero-order chi connectivity index (χ0) is 18.7. The Balaban J connectivity index is 1.55. The number of piperidine rings is 1. The molecule has 2 aliphatic heterocycles. The molecule has 6 heteroatoms. The van der Waals surface area contributed by atoms with E-state index in [2.05, 4.69) is 31.4 Å². The highest BCUT2D eigenvalue weighted by Crippen LogP contribution is 2.51. The summed E-state index contributed by atoms with van der Waals surface area (Å²) in [6.45, 7) is 12.7. The third-order valence-electron chi connectivity index (χ3n) is 6.53. The minimum Gasteiger partial charge on any atom is -0.377 e. The Morgan fingerprint density at radius 3 is 2.65 bits per heavy atom. The molecule has 3 rings (SSSR count). The molecule has 148 valence electrons.